The summed E-state index contributed by atoms with van der Waals surface area (Å²) in [6, 6.07) is 19.6. The molecule has 172 valence electrons. The number of ether oxygens (including phenoxy) is 1. The molecule has 34 heavy (non-hydrogen) atoms. The molecule has 1 aromatic heterocycles. The van der Waals surface area contributed by atoms with Gasteiger partial charge in [0.25, 0.3) is 0 Å². The number of rotatable bonds is 5. The SMILES string of the molecule is COc1cn(C2CCN(c3ccccc3C#N)CC2)nc(C2CC=NN2c2ccccc2)c1=O. The Labute approximate surface area is 198 Å². The van der Waals surface area contributed by atoms with Gasteiger partial charge >= 0.3 is 0 Å². The molecule has 8 nitrogen and oxygen atoms in total. The summed E-state index contributed by atoms with van der Waals surface area (Å²) in [4.78, 5) is 15.4. The van der Waals surface area contributed by atoms with E-state index in [9.17, 15) is 10.1 Å². The Morgan fingerprint density at radius 3 is 2.53 bits per heavy atom. The largest absolute Gasteiger partial charge is 0.491 e. The second kappa shape index (κ2) is 9.40. The molecule has 1 atom stereocenters. The lowest BCUT2D eigenvalue weighted by Gasteiger charge is -2.35. The molecule has 0 saturated carbocycles. The van der Waals surface area contributed by atoms with Crippen LogP contribution < -0.4 is 20.1 Å². The highest BCUT2D eigenvalue weighted by molar-refractivity contribution is 5.67. The second-order valence-electron chi connectivity index (χ2n) is 8.47. The Hall–Kier alpha value is -4.12. The van der Waals surface area contributed by atoms with E-state index in [1.54, 1.807) is 6.20 Å². The Balaban J connectivity index is 1.41. The Kier molecular flexibility index (Phi) is 6.00. The molecule has 0 bridgehead atoms. The Bertz CT molecular complexity index is 1290. The first-order valence-corrected chi connectivity index (χ1v) is 11.5. The van der Waals surface area contributed by atoms with Crippen molar-refractivity contribution in [2.45, 2.75) is 31.3 Å². The number of benzene rings is 2. The summed E-state index contributed by atoms with van der Waals surface area (Å²) in [6.45, 7) is 1.61. The molecule has 1 fully saturated rings. The molecule has 2 aliphatic heterocycles. The summed E-state index contributed by atoms with van der Waals surface area (Å²) < 4.78 is 7.35. The average Bonchev–Trinajstić information content (AvgIpc) is 3.39. The molecule has 0 N–H and O–H groups in total. The predicted octanol–water partition coefficient (Wildman–Crippen LogP) is 3.90. The summed E-state index contributed by atoms with van der Waals surface area (Å²) in [5, 5.41) is 20.6. The zero-order valence-corrected chi connectivity index (χ0v) is 19.0. The molecular weight excluding hydrogens is 428 g/mol. The normalized spacial score (nSPS) is 18.2. The standard InChI is InChI=1S/C26H26N6O2/c1-34-24-18-31(20-12-15-30(16-13-20)22-10-6-5-7-19(22)17-27)29-25(26(24)33)23-11-14-28-32(23)21-8-3-2-4-9-21/h2-10,14,18,20,23H,11-13,15-16H2,1H3. The first-order valence-electron chi connectivity index (χ1n) is 11.5. The van der Waals surface area contributed by atoms with E-state index in [1.807, 2.05) is 70.5 Å². The quantitative estimate of drug-likeness (QED) is 0.581. The smallest absolute Gasteiger partial charge is 0.247 e. The fourth-order valence-electron chi connectivity index (χ4n) is 4.74. The third-order valence-electron chi connectivity index (χ3n) is 6.52. The van der Waals surface area contributed by atoms with E-state index in [0.29, 0.717) is 23.4 Å². The molecule has 0 aliphatic carbocycles. The Morgan fingerprint density at radius 1 is 1.06 bits per heavy atom. The van der Waals surface area contributed by atoms with Crippen LogP contribution in [0.15, 0.2) is 70.7 Å². The number of nitrogens with zero attached hydrogens (tertiary/aromatic N) is 6. The fraction of sp³-hybridized carbons (Fsp3) is 0.308. The molecular formula is C26H26N6O2. The van der Waals surface area contributed by atoms with Gasteiger partial charge in [-0.3, -0.25) is 14.5 Å². The van der Waals surface area contributed by atoms with Crippen LogP contribution in [0.3, 0.4) is 0 Å². The maximum absolute atomic E-state index is 13.2. The van der Waals surface area contributed by atoms with Crippen LogP contribution in [0.4, 0.5) is 11.4 Å². The fourth-order valence-corrected chi connectivity index (χ4v) is 4.74. The molecule has 0 amide bonds. The van der Waals surface area contributed by atoms with Crippen LogP contribution in [0, 0.1) is 11.3 Å². The number of piperidine rings is 1. The summed E-state index contributed by atoms with van der Waals surface area (Å²) in [7, 11) is 1.52. The van der Waals surface area contributed by atoms with E-state index in [-0.39, 0.29) is 17.5 Å². The van der Waals surface area contributed by atoms with Crippen molar-refractivity contribution in [2.75, 3.05) is 30.1 Å². The van der Waals surface area contributed by atoms with Crippen molar-refractivity contribution >= 4 is 17.6 Å². The maximum Gasteiger partial charge on any atom is 0.247 e. The third-order valence-corrected chi connectivity index (χ3v) is 6.52. The van der Waals surface area contributed by atoms with Crippen LogP contribution in [-0.2, 0) is 0 Å². The van der Waals surface area contributed by atoms with Crippen LogP contribution in [0.25, 0.3) is 0 Å². The highest BCUT2D eigenvalue weighted by Crippen LogP contribution is 2.33. The van der Waals surface area contributed by atoms with Gasteiger partial charge in [0.15, 0.2) is 5.75 Å². The van der Waals surface area contributed by atoms with Gasteiger partial charge in [-0.1, -0.05) is 30.3 Å². The monoisotopic (exact) mass is 454 g/mol. The molecule has 8 heteroatoms. The average molecular weight is 455 g/mol. The molecule has 0 spiro atoms. The zero-order valence-electron chi connectivity index (χ0n) is 19.0. The molecule has 3 heterocycles. The number of nitriles is 1. The van der Waals surface area contributed by atoms with Gasteiger partial charge in [-0.25, -0.2) is 0 Å². The highest BCUT2D eigenvalue weighted by atomic mass is 16.5. The van der Waals surface area contributed by atoms with Crippen LogP contribution in [0.5, 0.6) is 5.75 Å². The third kappa shape index (κ3) is 4.01. The number of para-hydroxylation sites is 2. The van der Waals surface area contributed by atoms with Gasteiger partial charge in [-0.2, -0.15) is 15.5 Å². The van der Waals surface area contributed by atoms with Crippen molar-refractivity contribution in [1.82, 2.24) is 9.78 Å². The van der Waals surface area contributed by atoms with E-state index in [2.05, 4.69) is 16.1 Å². The minimum atomic E-state index is -0.279. The van der Waals surface area contributed by atoms with Crippen molar-refractivity contribution < 1.29 is 4.74 Å². The number of hydrogen-bond acceptors (Lipinski definition) is 7. The summed E-state index contributed by atoms with van der Waals surface area (Å²) in [5.74, 6) is 0.294. The number of hydrazone groups is 1. The number of methoxy groups -OCH3 is 1. The van der Waals surface area contributed by atoms with E-state index in [1.165, 1.54) is 7.11 Å². The number of hydrogen-bond donors (Lipinski definition) is 0. The van der Waals surface area contributed by atoms with E-state index < -0.39 is 0 Å². The summed E-state index contributed by atoms with van der Waals surface area (Å²) in [5.41, 5.74) is 2.82. The predicted molar refractivity (Wildman–Crippen MR) is 131 cm³/mol. The van der Waals surface area contributed by atoms with Crippen LogP contribution in [-0.4, -0.2) is 36.2 Å². The first kappa shape index (κ1) is 21.7. The van der Waals surface area contributed by atoms with Gasteiger partial charge < -0.3 is 9.64 Å². The maximum atomic E-state index is 13.2. The van der Waals surface area contributed by atoms with E-state index in [0.717, 1.165) is 37.3 Å². The topological polar surface area (TPSA) is 86.8 Å². The van der Waals surface area contributed by atoms with E-state index in [4.69, 9.17) is 9.84 Å². The lowest BCUT2D eigenvalue weighted by molar-refractivity contribution is 0.338. The molecule has 5 rings (SSSR count). The van der Waals surface area contributed by atoms with Crippen molar-refractivity contribution in [3.8, 4) is 11.8 Å². The Morgan fingerprint density at radius 2 is 1.79 bits per heavy atom. The lowest BCUT2D eigenvalue weighted by Crippen LogP contribution is -2.37. The first-order chi connectivity index (χ1) is 16.7. The summed E-state index contributed by atoms with van der Waals surface area (Å²) in [6.07, 6.45) is 5.85. The lowest BCUT2D eigenvalue weighted by atomic mass is 10.0. The molecule has 1 unspecified atom stereocenters. The zero-order chi connectivity index (χ0) is 23.5. The van der Waals surface area contributed by atoms with Gasteiger partial charge in [0, 0.05) is 25.7 Å². The molecule has 2 aliphatic rings. The van der Waals surface area contributed by atoms with Crippen LogP contribution in [0.1, 0.15) is 42.6 Å². The van der Waals surface area contributed by atoms with Crippen molar-refractivity contribution in [3.63, 3.8) is 0 Å². The minimum absolute atomic E-state index is 0.131. The number of anilines is 2. The van der Waals surface area contributed by atoms with Crippen molar-refractivity contribution in [1.29, 1.82) is 5.26 Å². The van der Waals surface area contributed by atoms with Crippen LogP contribution >= 0.6 is 0 Å². The molecule has 1 saturated heterocycles. The van der Waals surface area contributed by atoms with Gasteiger partial charge in [0.1, 0.15) is 17.8 Å². The van der Waals surface area contributed by atoms with Gasteiger partial charge in [-0.15, -0.1) is 0 Å². The number of aromatic nitrogens is 2. The van der Waals surface area contributed by atoms with E-state index >= 15 is 0 Å². The van der Waals surface area contributed by atoms with Crippen LogP contribution in [0.2, 0.25) is 0 Å². The minimum Gasteiger partial charge on any atom is -0.491 e. The van der Waals surface area contributed by atoms with Gasteiger partial charge in [0.2, 0.25) is 5.43 Å². The van der Waals surface area contributed by atoms with Crippen molar-refractivity contribution in [3.05, 3.63) is 82.3 Å². The molecule has 0 radical (unpaired) electrons. The summed E-state index contributed by atoms with van der Waals surface area (Å²) >= 11 is 0. The van der Waals surface area contributed by atoms with Crippen molar-refractivity contribution in [2.24, 2.45) is 5.10 Å². The van der Waals surface area contributed by atoms with Gasteiger partial charge in [-0.05, 0) is 37.1 Å². The second-order valence-corrected chi connectivity index (χ2v) is 8.47. The highest BCUT2D eigenvalue weighted by Gasteiger charge is 2.31. The molecule has 2 aromatic carbocycles. The van der Waals surface area contributed by atoms with Gasteiger partial charge in [0.05, 0.1) is 36.3 Å². The molecule has 3 aromatic rings.